The van der Waals surface area contributed by atoms with Crippen LogP contribution in [0.1, 0.15) is 17.3 Å². The summed E-state index contributed by atoms with van der Waals surface area (Å²) in [4.78, 5) is 38.4. The number of hydrogen-bond acceptors (Lipinski definition) is 10. The second-order valence-corrected chi connectivity index (χ2v) is 9.24. The van der Waals surface area contributed by atoms with Crippen molar-refractivity contribution in [2.24, 2.45) is 0 Å². The van der Waals surface area contributed by atoms with Crippen LogP contribution in [0.5, 0.6) is 5.75 Å². The zero-order valence-corrected chi connectivity index (χ0v) is 23.5. The summed E-state index contributed by atoms with van der Waals surface area (Å²) < 4.78 is 5.39. The number of aromatic nitrogens is 5. The molecule has 13 heteroatoms. The molecule has 2 N–H and O–H groups in total. The molecule has 0 unspecified atom stereocenters. The van der Waals surface area contributed by atoms with Crippen LogP contribution in [-0.2, 0) is 0 Å². The van der Waals surface area contributed by atoms with Crippen molar-refractivity contribution in [2.75, 3.05) is 49.9 Å². The van der Waals surface area contributed by atoms with Gasteiger partial charge in [0, 0.05) is 40.0 Å². The number of nitrogens with zero attached hydrogens (tertiary/aromatic N) is 7. The first-order chi connectivity index (χ1) is 18.7. The van der Waals surface area contributed by atoms with Crippen molar-refractivity contribution in [1.29, 1.82) is 0 Å². The first kappa shape index (κ1) is 27.8. The number of rotatable bonds is 9. The number of nitrogens with one attached hydrogen (secondary N) is 2. The number of carbonyl (C=O) groups excluding carboxylic acids is 1. The van der Waals surface area contributed by atoms with Gasteiger partial charge in [-0.1, -0.05) is 23.2 Å². The van der Waals surface area contributed by atoms with E-state index in [0.717, 1.165) is 5.69 Å². The number of amides is 1. The highest BCUT2D eigenvalue weighted by Crippen LogP contribution is 2.42. The van der Waals surface area contributed by atoms with E-state index in [4.69, 9.17) is 27.9 Å². The number of anilines is 5. The van der Waals surface area contributed by atoms with Gasteiger partial charge in [0.1, 0.15) is 40.9 Å². The molecule has 202 valence electrons. The Morgan fingerprint density at radius 1 is 0.974 bits per heavy atom. The summed E-state index contributed by atoms with van der Waals surface area (Å²) in [5.74, 6) is 1.60. The molecule has 0 saturated carbocycles. The molecule has 11 nitrogen and oxygen atoms in total. The molecule has 4 aromatic rings. The molecule has 0 radical (unpaired) electrons. The standard InChI is InChI=1S/C26H27Cl2N9O2/c1-6-30-26(38)16-9-19(39-5)23(28)24(22(16)27)35-25-17(12-29-13-34-25)18-10-21(33-14-32-18)37(4)20-8-7-15(11-31-20)36(2)3/h7-14H,6H2,1-5H3,(H,30,38)(H,29,34,35). The molecule has 0 fully saturated rings. The Balaban J connectivity index is 1.72. The minimum atomic E-state index is -0.362. The third-order valence-corrected chi connectivity index (χ3v) is 6.56. The third kappa shape index (κ3) is 5.94. The molecule has 0 spiro atoms. The lowest BCUT2D eigenvalue weighted by molar-refractivity contribution is 0.0955. The van der Waals surface area contributed by atoms with Crippen molar-refractivity contribution in [3.8, 4) is 17.0 Å². The monoisotopic (exact) mass is 567 g/mol. The number of pyridine rings is 1. The fourth-order valence-corrected chi connectivity index (χ4v) is 4.27. The van der Waals surface area contributed by atoms with Crippen LogP contribution in [0.4, 0.5) is 28.8 Å². The van der Waals surface area contributed by atoms with Crippen molar-refractivity contribution in [3.63, 3.8) is 0 Å². The summed E-state index contributed by atoms with van der Waals surface area (Å²) in [5, 5.41) is 6.19. The summed E-state index contributed by atoms with van der Waals surface area (Å²) in [6.45, 7) is 2.24. The van der Waals surface area contributed by atoms with Gasteiger partial charge in [-0.3, -0.25) is 4.79 Å². The quantitative estimate of drug-likeness (QED) is 0.286. The predicted octanol–water partition coefficient (Wildman–Crippen LogP) is 4.97. The molecule has 0 aliphatic heterocycles. The van der Waals surface area contributed by atoms with Gasteiger partial charge in [0.15, 0.2) is 0 Å². The maximum absolute atomic E-state index is 12.6. The Bertz CT molecular complexity index is 1480. The summed E-state index contributed by atoms with van der Waals surface area (Å²) in [6, 6.07) is 7.17. The van der Waals surface area contributed by atoms with E-state index >= 15 is 0 Å². The topological polar surface area (TPSA) is 121 Å². The first-order valence-electron chi connectivity index (χ1n) is 11.9. The van der Waals surface area contributed by atoms with E-state index in [1.807, 2.05) is 50.0 Å². The zero-order valence-electron chi connectivity index (χ0n) is 22.0. The summed E-state index contributed by atoms with van der Waals surface area (Å²) >= 11 is 13.2. The largest absolute Gasteiger partial charge is 0.495 e. The number of methoxy groups -OCH3 is 1. The average molecular weight is 568 g/mol. The van der Waals surface area contributed by atoms with Crippen LogP contribution in [0.2, 0.25) is 10.0 Å². The van der Waals surface area contributed by atoms with E-state index in [0.29, 0.717) is 35.3 Å². The van der Waals surface area contributed by atoms with Crippen LogP contribution in [0.25, 0.3) is 11.3 Å². The SMILES string of the molecule is CCNC(=O)c1cc(OC)c(Cl)c(Nc2ncncc2-c2cc(N(C)c3ccc(N(C)C)cn3)ncn2)c1Cl. The van der Waals surface area contributed by atoms with Crippen LogP contribution in [-0.4, -0.2) is 65.6 Å². The van der Waals surface area contributed by atoms with Crippen molar-refractivity contribution < 1.29 is 9.53 Å². The fraction of sp³-hybridized carbons (Fsp3) is 0.231. The predicted molar refractivity (Wildman–Crippen MR) is 154 cm³/mol. The molecule has 1 amide bonds. The first-order valence-corrected chi connectivity index (χ1v) is 12.6. The van der Waals surface area contributed by atoms with E-state index in [1.165, 1.54) is 25.8 Å². The van der Waals surface area contributed by atoms with Crippen molar-refractivity contribution in [1.82, 2.24) is 30.2 Å². The molecule has 39 heavy (non-hydrogen) atoms. The van der Waals surface area contributed by atoms with Crippen LogP contribution < -0.4 is 25.2 Å². The molecule has 0 aliphatic carbocycles. The molecule has 1 aromatic carbocycles. The molecule has 3 aromatic heterocycles. The summed E-state index contributed by atoms with van der Waals surface area (Å²) in [7, 11) is 7.23. The van der Waals surface area contributed by atoms with Crippen LogP contribution >= 0.6 is 23.2 Å². The highest BCUT2D eigenvalue weighted by molar-refractivity contribution is 6.42. The lowest BCUT2D eigenvalue weighted by Gasteiger charge is -2.20. The average Bonchev–Trinajstić information content (AvgIpc) is 2.95. The Labute approximate surface area is 236 Å². The number of benzene rings is 1. The Kier molecular flexibility index (Phi) is 8.62. The van der Waals surface area contributed by atoms with Gasteiger partial charge in [-0.2, -0.15) is 0 Å². The van der Waals surface area contributed by atoms with E-state index in [2.05, 4.69) is 35.6 Å². The van der Waals surface area contributed by atoms with Crippen molar-refractivity contribution in [2.45, 2.75) is 6.92 Å². The fourth-order valence-electron chi connectivity index (χ4n) is 3.66. The van der Waals surface area contributed by atoms with Crippen LogP contribution in [0.3, 0.4) is 0 Å². The normalized spacial score (nSPS) is 10.6. The van der Waals surface area contributed by atoms with Crippen molar-refractivity contribution >= 4 is 57.9 Å². The van der Waals surface area contributed by atoms with Gasteiger partial charge < -0.3 is 25.2 Å². The number of halogens is 2. The molecular weight excluding hydrogens is 541 g/mol. The smallest absolute Gasteiger partial charge is 0.253 e. The minimum absolute atomic E-state index is 0.117. The maximum atomic E-state index is 12.6. The highest BCUT2D eigenvalue weighted by atomic mass is 35.5. The Morgan fingerprint density at radius 2 is 1.77 bits per heavy atom. The van der Waals surface area contributed by atoms with Gasteiger partial charge in [-0.05, 0) is 25.1 Å². The van der Waals surface area contributed by atoms with E-state index in [-0.39, 0.29) is 33.0 Å². The second-order valence-electron chi connectivity index (χ2n) is 8.49. The van der Waals surface area contributed by atoms with E-state index < -0.39 is 0 Å². The molecule has 0 bridgehead atoms. The molecule has 4 rings (SSSR count). The van der Waals surface area contributed by atoms with Gasteiger partial charge in [-0.25, -0.2) is 24.9 Å². The van der Waals surface area contributed by atoms with Gasteiger partial charge in [0.05, 0.1) is 46.5 Å². The highest BCUT2D eigenvalue weighted by Gasteiger charge is 2.22. The number of ether oxygens (including phenoxy) is 1. The van der Waals surface area contributed by atoms with E-state index in [1.54, 1.807) is 18.5 Å². The summed E-state index contributed by atoms with van der Waals surface area (Å²) in [5.41, 5.74) is 2.55. The molecular formula is C26H27Cl2N9O2. The molecule has 3 heterocycles. The maximum Gasteiger partial charge on any atom is 0.253 e. The Hall–Kier alpha value is -4.22. The van der Waals surface area contributed by atoms with Crippen molar-refractivity contribution in [3.05, 3.63) is 64.9 Å². The van der Waals surface area contributed by atoms with Crippen LogP contribution in [0, 0.1) is 0 Å². The van der Waals surface area contributed by atoms with Gasteiger partial charge >= 0.3 is 0 Å². The van der Waals surface area contributed by atoms with E-state index in [9.17, 15) is 4.79 Å². The molecule has 0 atom stereocenters. The second kappa shape index (κ2) is 12.1. The zero-order chi connectivity index (χ0) is 28.1. The Morgan fingerprint density at radius 3 is 2.44 bits per heavy atom. The van der Waals surface area contributed by atoms with Gasteiger partial charge in [-0.15, -0.1) is 0 Å². The molecule has 0 saturated heterocycles. The van der Waals surface area contributed by atoms with Crippen LogP contribution in [0.15, 0.2) is 49.3 Å². The third-order valence-electron chi connectivity index (χ3n) is 5.79. The number of carbonyl (C=O) groups is 1. The van der Waals surface area contributed by atoms with Gasteiger partial charge in [0.2, 0.25) is 0 Å². The minimum Gasteiger partial charge on any atom is -0.495 e. The lowest BCUT2D eigenvalue weighted by Crippen LogP contribution is -2.23. The summed E-state index contributed by atoms with van der Waals surface area (Å²) in [6.07, 6.45) is 6.23. The lowest BCUT2D eigenvalue weighted by atomic mass is 10.1. The van der Waals surface area contributed by atoms with Gasteiger partial charge in [0.25, 0.3) is 5.91 Å². The number of hydrogen-bond donors (Lipinski definition) is 2. The molecule has 0 aliphatic rings.